The van der Waals surface area contributed by atoms with E-state index in [2.05, 4.69) is 13.2 Å². The molecule has 0 aliphatic carbocycles. The summed E-state index contributed by atoms with van der Waals surface area (Å²) in [6.45, 7) is 8.72. The van der Waals surface area contributed by atoms with Crippen LogP contribution in [0.3, 0.4) is 0 Å². The van der Waals surface area contributed by atoms with Crippen molar-refractivity contribution in [2.45, 2.75) is 25.0 Å². The predicted octanol–water partition coefficient (Wildman–Crippen LogP) is 3.51. The molecular formula is C24H30O4. The number of ether oxygens (including phenoxy) is 2. The molecule has 150 valence electrons. The molecule has 4 heteroatoms. The molecule has 2 rings (SSSR count). The zero-order chi connectivity index (χ0) is 20.2. The van der Waals surface area contributed by atoms with Gasteiger partial charge in [0.2, 0.25) is 0 Å². The van der Waals surface area contributed by atoms with E-state index in [-0.39, 0.29) is 13.2 Å². The van der Waals surface area contributed by atoms with Crippen LogP contribution in [-0.2, 0) is 22.3 Å². The molecule has 2 aromatic carbocycles. The summed E-state index contributed by atoms with van der Waals surface area (Å²) < 4.78 is 10.9. The standard InChI is InChI=1S/C24H30O4/c1-3-19-5-9-21(10-6-19)15-23(25)17-27-13-14-28-18-24(26)16-22-11-7-20(4-2)8-12-22/h3-12,23-26H,1-2,13-18H2. The Morgan fingerprint density at radius 1 is 0.679 bits per heavy atom. The van der Waals surface area contributed by atoms with Crippen LogP contribution >= 0.6 is 0 Å². The molecule has 28 heavy (non-hydrogen) atoms. The topological polar surface area (TPSA) is 58.9 Å². The monoisotopic (exact) mass is 382 g/mol. The average molecular weight is 383 g/mol. The Kier molecular flexibility index (Phi) is 9.66. The molecule has 2 unspecified atom stereocenters. The van der Waals surface area contributed by atoms with Crippen LogP contribution in [0.2, 0.25) is 0 Å². The van der Waals surface area contributed by atoms with E-state index in [4.69, 9.17) is 9.47 Å². The van der Waals surface area contributed by atoms with Crippen molar-refractivity contribution in [1.82, 2.24) is 0 Å². The molecule has 4 nitrogen and oxygen atoms in total. The molecule has 0 saturated heterocycles. The smallest absolute Gasteiger partial charge is 0.0813 e. The van der Waals surface area contributed by atoms with Gasteiger partial charge < -0.3 is 19.7 Å². The van der Waals surface area contributed by atoms with Crippen LogP contribution in [0.5, 0.6) is 0 Å². The maximum absolute atomic E-state index is 10.0. The minimum absolute atomic E-state index is 0.255. The van der Waals surface area contributed by atoms with Gasteiger partial charge in [-0.05, 0) is 22.3 Å². The number of hydrogen-bond donors (Lipinski definition) is 2. The average Bonchev–Trinajstić information content (AvgIpc) is 2.71. The third kappa shape index (κ3) is 8.19. The van der Waals surface area contributed by atoms with Crippen LogP contribution in [0.1, 0.15) is 22.3 Å². The van der Waals surface area contributed by atoms with Gasteiger partial charge in [-0.1, -0.05) is 73.8 Å². The van der Waals surface area contributed by atoms with Crippen molar-refractivity contribution in [3.8, 4) is 0 Å². The van der Waals surface area contributed by atoms with Crippen LogP contribution in [-0.4, -0.2) is 48.8 Å². The third-order valence-electron chi connectivity index (χ3n) is 4.37. The molecule has 0 saturated carbocycles. The van der Waals surface area contributed by atoms with E-state index in [1.807, 2.05) is 48.5 Å². The maximum Gasteiger partial charge on any atom is 0.0813 e. The molecule has 0 radical (unpaired) electrons. The lowest BCUT2D eigenvalue weighted by Crippen LogP contribution is -2.22. The lowest BCUT2D eigenvalue weighted by atomic mass is 10.1. The Bertz CT molecular complexity index is 643. The Labute approximate surface area is 167 Å². The Morgan fingerprint density at radius 2 is 1.04 bits per heavy atom. The fraction of sp³-hybridized carbons (Fsp3) is 0.333. The van der Waals surface area contributed by atoms with Crippen molar-refractivity contribution in [2.24, 2.45) is 0 Å². The SMILES string of the molecule is C=Cc1ccc(CC(O)COCCOCC(O)Cc2ccc(C=C)cc2)cc1. The zero-order valence-electron chi connectivity index (χ0n) is 16.3. The van der Waals surface area contributed by atoms with Gasteiger partial charge in [0, 0.05) is 12.8 Å². The largest absolute Gasteiger partial charge is 0.390 e. The highest BCUT2D eigenvalue weighted by molar-refractivity contribution is 5.47. The first-order chi connectivity index (χ1) is 13.6. The van der Waals surface area contributed by atoms with Gasteiger partial charge in [-0.3, -0.25) is 0 Å². The summed E-state index contributed by atoms with van der Waals surface area (Å²) >= 11 is 0. The number of aliphatic hydroxyl groups excluding tert-OH is 2. The summed E-state index contributed by atoms with van der Waals surface area (Å²) in [4.78, 5) is 0. The molecule has 0 aliphatic heterocycles. The minimum atomic E-state index is -0.557. The molecular weight excluding hydrogens is 352 g/mol. The Hall–Kier alpha value is -2.24. The summed E-state index contributed by atoms with van der Waals surface area (Å²) in [5.41, 5.74) is 4.23. The number of aliphatic hydroxyl groups is 2. The summed E-state index contributed by atoms with van der Waals surface area (Å²) in [7, 11) is 0. The van der Waals surface area contributed by atoms with Crippen molar-refractivity contribution < 1.29 is 19.7 Å². The molecule has 2 aromatic rings. The van der Waals surface area contributed by atoms with Gasteiger partial charge in [-0.25, -0.2) is 0 Å². The maximum atomic E-state index is 10.0. The van der Waals surface area contributed by atoms with E-state index in [1.165, 1.54) is 0 Å². The molecule has 2 atom stereocenters. The van der Waals surface area contributed by atoms with Gasteiger partial charge in [-0.2, -0.15) is 0 Å². The molecule has 0 bridgehead atoms. The minimum Gasteiger partial charge on any atom is -0.390 e. The third-order valence-corrected chi connectivity index (χ3v) is 4.37. The molecule has 0 heterocycles. The van der Waals surface area contributed by atoms with Crippen molar-refractivity contribution in [3.63, 3.8) is 0 Å². The van der Waals surface area contributed by atoms with E-state index in [1.54, 1.807) is 12.2 Å². The Balaban J connectivity index is 1.54. The van der Waals surface area contributed by atoms with E-state index in [9.17, 15) is 10.2 Å². The highest BCUT2D eigenvalue weighted by Gasteiger charge is 2.08. The molecule has 0 aliphatic rings. The lowest BCUT2D eigenvalue weighted by Gasteiger charge is -2.13. The number of benzene rings is 2. The van der Waals surface area contributed by atoms with E-state index >= 15 is 0 Å². The second-order valence-corrected chi connectivity index (χ2v) is 6.76. The van der Waals surface area contributed by atoms with Crippen LogP contribution in [0.15, 0.2) is 61.7 Å². The first kappa shape index (κ1) is 22.1. The van der Waals surface area contributed by atoms with Crippen LogP contribution in [0.4, 0.5) is 0 Å². The van der Waals surface area contributed by atoms with Gasteiger partial charge in [0.15, 0.2) is 0 Å². The van der Waals surface area contributed by atoms with Gasteiger partial charge in [0.25, 0.3) is 0 Å². The summed E-state index contributed by atoms with van der Waals surface area (Å²) in [5.74, 6) is 0. The van der Waals surface area contributed by atoms with Gasteiger partial charge in [0.1, 0.15) is 0 Å². The molecule has 2 N–H and O–H groups in total. The van der Waals surface area contributed by atoms with Gasteiger partial charge in [-0.15, -0.1) is 0 Å². The highest BCUT2D eigenvalue weighted by Crippen LogP contribution is 2.09. The molecule has 0 fully saturated rings. The van der Waals surface area contributed by atoms with Crippen molar-refractivity contribution >= 4 is 12.2 Å². The zero-order valence-corrected chi connectivity index (χ0v) is 16.3. The van der Waals surface area contributed by atoms with E-state index in [0.29, 0.717) is 26.1 Å². The number of rotatable bonds is 13. The van der Waals surface area contributed by atoms with Crippen LogP contribution in [0, 0.1) is 0 Å². The number of hydrogen-bond acceptors (Lipinski definition) is 4. The highest BCUT2D eigenvalue weighted by atomic mass is 16.5. The lowest BCUT2D eigenvalue weighted by molar-refractivity contribution is -0.0164. The Morgan fingerprint density at radius 3 is 1.36 bits per heavy atom. The molecule has 0 aromatic heterocycles. The first-order valence-corrected chi connectivity index (χ1v) is 9.55. The summed E-state index contributed by atoms with van der Waals surface area (Å²) in [5, 5.41) is 20.1. The fourth-order valence-electron chi connectivity index (χ4n) is 2.80. The second kappa shape index (κ2) is 12.3. The molecule has 0 amide bonds. The predicted molar refractivity (Wildman–Crippen MR) is 114 cm³/mol. The summed E-state index contributed by atoms with van der Waals surface area (Å²) in [6.07, 6.45) is 3.55. The fourth-order valence-corrected chi connectivity index (χ4v) is 2.80. The van der Waals surface area contributed by atoms with Crippen molar-refractivity contribution in [3.05, 3.63) is 83.9 Å². The quantitative estimate of drug-likeness (QED) is 0.521. The van der Waals surface area contributed by atoms with Crippen LogP contribution in [0.25, 0.3) is 12.2 Å². The van der Waals surface area contributed by atoms with Crippen molar-refractivity contribution in [1.29, 1.82) is 0 Å². The van der Waals surface area contributed by atoms with E-state index < -0.39 is 12.2 Å². The summed E-state index contributed by atoms with van der Waals surface area (Å²) in [6, 6.07) is 15.8. The van der Waals surface area contributed by atoms with Crippen molar-refractivity contribution in [2.75, 3.05) is 26.4 Å². The second-order valence-electron chi connectivity index (χ2n) is 6.76. The van der Waals surface area contributed by atoms with Gasteiger partial charge in [0.05, 0.1) is 38.6 Å². The first-order valence-electron chi connectivity index (χ1n) is 9.55. The van der Waals surface area contributed by atoms with Gasteiger partial charge >= 0.3 is 0 Å². The molecule has 0 spiro atoms. The van der Waals surface area contributed by atoms with Crippen LogP contribution < -0.4 is 0 Å². The van der Waals surface area contributed by atoms with E-state index in [0.717, 1.165) is 22.3 Å². The normalized spacial score (nSPS) is 13.1.